The van der Waals surface area contributed by atoms with Gasteiger partial charge in [-0.05, 0) is 61.5 Å². The van der Waals surface area contributed by atoms with Gasteiger partial charge in [-0.2, -0.15) is 0 Å². The fourth-order valence-corrected chi connectivity index (χ4v) is 4.00. The number of aliphatic hydroxyl groups excluding tert-OH is 1. The van der Waals surface area contributed by atoms with Gasteiger partial charge in [0.25, 0.3) is 0 Å². The van der Waals surface area contributed by atoms with Crippen LogP contribution in [0.25, 0.3) is 0 Å². The summed E-state index contributed by atoms with van der Waals surface area (Å²) in [7, 11) is 0. The van der Waals surface area contributed by atoms with Gasteiger partial charge in [0, 0.05) is 30.4 Å². The Bertz CT molecular complexity index is 928. The van der Waals surface area contributed by atoms with Crippen LogP contribution in [0.15, 0.2) is 65.8 Å². The van der Waals surface area contributed by atoms with Gasteiger partial charge in [-0.25, -0.2) is 0 Å². The number of ether oxygens (including phenoxy) is 1. The van der Waals surface area contributed by atoms with E-state index in [1.165, 1.54) is 0 Å². The SMILES string of the molecule is Cc1ccccc1Oc1ccc(N2CC[C@H](NC3NC=CC=C3Cl)C2)c(CO)c1. The molecular weight excluding hydrogens is 386 g/mol. The molecule has 152 valence electrons. The Labute approximate surface area is 176 Å². The normalized spacial score (nSPS) is 21.1. The molecule has 0 aliphatic carbocycles. The lowest BCUT2D eigenvalue weighted by Crippen LogP contribution is -2.47. The standard InChI is InChI=1S/C23H26ClN3O2/c1-16-5-2-3-7-22(16)29-19-8-9-21(17(13-19)15-28)27-12-10-18(14-27)26-23-20(24)6-4-11-25-23/h2-9,11,13,18,23,25-26,28H,10,12,14-15H2,1H3/t18-,23?/m0/s1. The molecule has 3 N–H and O–H groups in total. The minimum Gasteiger partial charge on any atom is -0.457 e. The summed E-state index contributed by atoms with van der Waals surface area (Å²) in [6, 6.07) is 14.2. The number of aliphatic hydroxyl groups is 1. The zero-order valence-electron chi connectivity index (χ0n) is 16.4. The van der Waals surface area contributed by atoms with Gasteiger partial charge in [-0.15, -0.1) is 0 Å². The highest BCUT2D eigenvalue weighted by molar-refractivity contribution is 6.30. The van der Waals surface area contributed by atoms with E-state index in [4.69, 9.17) is 16.3 Å². The Hall–Kier alpha value is -2.47. The zero-order valence-corrected chi connectivity index (χ0v) is 17.2. The highest BCUT2D eigenvalue weighted by Crippen LogP contribution is 2.32. The Morgan fingerprint density at radius 3 is 2.93 bits per heavy atom. The van der Waals surface area contributed by atoms with E-state index >= 15 is 0 Å². The molecule has 2 atom stereocenters. The number of aryl methyl sites for hydroxylation is 1. The number of rotatable bonds is 6. The average Bonchev–Trinajstić information content (AvgIpc) is 3.19. The van der Waals surface area contributed by atoms with E-state index in [0.717, 1.165) is 52.9 Å². The number of nitrogens with one attached hydrogen (secondary N) is 2. The third kappa shape index (κ3) is 4.58. The molecule has 1 unspecified atom stereocenters. The molecule has 2 aliphatic heterocycles. The molecule has 4 rings (SSSR count). The quantitative estimate of drug-likeness (QED) is 0.670. The van der Waals surface area contributed by atoms with E-state index in [0.29, 0.717) is 6.04 Å². The van der Waals surface area contributed by atoms with Gasteiger partial charge in [0.1, 0.15) is 17.7 Å². The number of hydrogen-bond acceptors (Lipinski definition) is 5. The maximum Gasteiger partial charge on any atom is 0.130 e. The van der Waals surface area contributed by atoms with E-state index in [1.807, 2.05) is 67.7 Å². The third-order valence-corrected chi connectivity index (χ3v) is 5.71. The van der Waals surface area contributed by atoms with Crippen molar-refractivity contribution < 1.29 is 9.84 Å². The lowest BCUT2D eigenvalue weighted by Gasteiger charge is -2.26. The van der Waals surface area contributed by atoms with Crippen molar-refractivity contribution in [3.63, 3.8) is 0 Å². The number of benzene rings is 2. The summed E-state index contributed by atoms with van der Waals surface area (Å²) in [5.41, 5.74) is 3.00. The molecule has 2 aromatic carbocycles. The van der Waals surface area contributed by atoms with Crippen LogP contribution in [-0.4, -0.2) is 30.4 Å². The summed E-state index contributed by atoms with van der Waals surface area (Å²) in [6.45, 7) is 3.77. The van der Waals surface area contributed by atoms with Gasteiger partial charge in [0.2, 0.25) is 0 Å². The Morgan fingerprint density at radius 2 is 2.14 bits per heavy atom. The second-order valence-electron chi connectivity index (χ2n) is 7.42. The van der Waals surface area contributed by atoms with Crippen LogP contribution in [0.4, 0.5) is 5.69 Å². The van der Waals surface area contributed by atoms with Crippen LogP contribution in [0.3, 0.4) is 0 Å². The molecule has 2 aliphatic rings. The molecule has 0 amide bonds. The summed E-state index contributed by atoms with van der Waals surface area (Å²) < 4.78 is 6.03. The first-order valence-corrected chi connectivity index (χ1v) is 10.3. The Kier molecular flexibility index (Phi) is 6.09. The summed E-state index contributed by atoms with van der Waals surface area (Å²) in [5.74, 6) is 1.56. The molecule has 1 saturated heterocycles. The molecule has 0 radical (unpaired) electrons. The average molecular weight is 412 g/mol. The second-order valence-corrected chi connectivity index (χ2v) is 7.86. The fraction of sp³-hybridized carbons (Fsp3) is 0.304. The minimum atomic E-state index is -0.0474. The first-order chi connectivity index (χ1) is 14.1. The largest absolute Gasteiger partial charge is 0.457 e. The number of dihydropyridines is 1. The molecule has 0 bridgehead atoms. The van der Waals surface area contributed by atoms with Gasteiger partial charge < -0.3 is 20.1 Å². The number of para-hydroxylation sites is 1. The van der Waals surface area contributed by atoms with Crippen LogP contribution in [0.1, 0.15) is 17.5 Å². The van der Waals surface area contributed by atoms with E-state index in [2.05, 4.69) is 15.5 Å². The van der Waals surface area contributed by atoms with Crippen molar-refractivity contribution in [1.29, 1.82) is 0 Å². The third-order valence-electron chi connectivity index (χ3n) is 5.36. The number of halogens is 1. The summed E-state index contributed by atoms with van der Waals surface area (Å²) in [5, 5.41) is 17.5. The maximum absolute atomic E-state index is 9.95. The smallest absolute Gasteiger partial charge is 0.130 e. The van der Waals surface area contributed by atoms with E-state index in [9.17, 15) is 5.11 Å². The van der Waals surface area contributed by atoms with Crippen LogP contribution in [-0.2, 0) is 6.61 Å². The number of anilines is 1. The number of allylic oxidation sites excluding steroid dienone is 2. The first-order valence-electron chi connectivity index (χ1n) is 9.90. The van der Waals surface area contributed by atoms with Crippen molar-refractivity contribution >= 4 is 17.3 Å². The topological polar surface area (TPSA) is 56.8 Å². The molecule has 0 saturated carbocycles. The molecule has 0 aromatic heterocycles. The lowest BCUT2D eigenvalue weighted by atomic mass is 10.1. The van der Waals surface area contributed by atoms with Crippen molar-refractivity contribution in [3.05, 3.63) is 77.0 Å². The van der Waals surface area contributed by atoms with Gasteiger partial charge in [0.15, 0.2) is 0 Å². The maximum atomic E-state index is 9.95. The van der Waals surface area contributed by atoms with Crippen LogP contribution in [0.2, 0.25) is 0 Å². The predicted octanol–water partition coefficient (Wildman–Crippen LogP) is 4.01. The summed E-state index contributed by atoms with van der Waals surface area (Å²) >= 11 is 6.28. The lowest BCUT2D eigenvalue weighted by molar-refractivity contribution is 0.281. The van der Waals surface area contributed by atoms with Crippen molar-refractivity contribution in [2.75, 3.05) is 18.0 Å². The molecule has 1 fully saturated rings. The van der Waals surface area contributed by atoms with Crippen LogP contribution >= 0.6 is 11.6 Å². The molecule has 2 heterocycles. The van der Waals surface area contributed by atoms with Crippen molar-refractivity contribution in [2.24, 2.45) is 0 Å². The monoisotopic (exact) mass is 411 g/mol. The summed E-state index contributed by atoms with van der Waals surface area (Å²) in [6.07, 6.45) is 6.66. The van der Waals surface area contributed by atoms with Gasteiger partial charge >= 0.3 is 0 Å². The van der Waals surface area contributed by atoms with Crippen LogP contribution in [0, 0.1) is 6.92 Å². The summed E-state index contributed by atoms with van der Waals surface area (Å²) in [4.78, 5) is 2.30. The molecular formula is C23H26ClN3O2. The van der Waals surface area contributed by atoms with Gasteiger partial charge in [-0.1, -0.05) is 29.8 Å². The van der Waals surface area contributed by atoms with E-state index in [-0.39, 0.29) is 12.8 Å². The molecule has 5 nitrogen and oxygen atoms in total. The minimum absolute atomic E-state index is 0.0293. The van der Waals surface area contributed by atoms with E-state index < -0.39 is 0 Å². The fourth-order valence-electron chi connectivity index (χ4n) is 3.80. The van der Waals surface area contributed by atoms with Crippen LogP contribution in [0.5, 0.6) is 11.5 Å². The van der Waals surface area contributed by atoms with Crippen LogP contribution < -0.4 is 20.3 Å². The molecule has 6 heteroatoms. The molecule has 0 spiro atoms. The second kappa shape index (κ2) is 8.91. The van der Waals surface area contributed by atoms with E-state index in [1.54, 1.807) is 0 Å². The first kappa shape index (κ1) is 19.8. The molecule has 29 heavy (non-hydrogen) atoms. The molecule has 2 aromatic rings. The number of hydrogen-bond donors (Lipinski definition) is 3. The van der Waals surface area contributed by atoms with Crippen molar-refractivity contribution in [1.82, 2.24) is 10.6 Å². The van der Waals surface area contributed by atoms with Gasteiger partial charge in [0.05, 0.1) is 11.6 Å². The predicted molar refractivity (Wildman–Crippen MR) is 117 cm³/mol. The van der Waals surface area contributed by atoms with Gasteiger partial charge in [-0.3, -0.25) is 5.32 Å². The number of nitrogens with zero attached hydrogens (tertiary/aromatic N) is 1. The van der Waals surface area contributed by atoms with Crippen molar-refractivity contribution in [2.45, 2.75) is 32.2 Å². The Balaban J connectivity index is 1.44. The van der Waals surface area contributed by atoms with Crippen molar-refractivity contribution in [3.8, 4) is 11.5 Å². The zero-order chi connectivity index (χ0) is 20.2. The Morgan fingerprint density at radius 1 is 1.28 bits per heavy atom. The highest BCUT2D eigenvalue weighted by atomic mass is 35.5. The highest BCUT2D eigenvalue weighted by Gasteiger charge is 2.27.